The van der Waals surface area contributed by atoms with E-state index in [-0.39, 0.29) is 24.7 Å². The molecule has 38 heavy (non-hydrogen) atoms. The number of anilines is 2. The highest BCUT2D eigenvalue weighted by Gasteiger charge is 2.30. The van der Waals surface area contributed by atoms with Gasteiger partial charge in [-0.3, -0.25) is 4.79 Å². The van der Waals surface area contributed by atoms with Gasteiger partial charge < -0.3 is 14.0 Å². The predicted molar refractivity (Wildman–Crippen MR) is 143 cm³/mol. The summed E-state index contributed by atoms with van der Waals surface area (Å²) in [4.78, 5) is 25.9. The Hall–Kier alpha value is -4.46. The van der Waals surface area contributed by atoms with Crippen LogP contribution in [-0.2, 0) is 20.7 Å². The van der Waals surface area contributed by atoms with Crippen LogP contribution in [0.2, 0.25) is 0 Å². The molecule has 0 aliphatic heterocycles. The number of para-hydroxylation sites is 1. The second-order valence-corrected chi connectivity index (χ2v) is 8.64. The van der Waals surface area contributed by atoms with Crippen LogP contribution in [0.15, 0.2) is 71.3 Å². The highest BCUT2D eigenvalue weighted by Crippen LogP contribution is 2.40. The van der Waals surface area contributed by atoms with Crippen molar-refractivity contribution in [3.63, 3.8) is 0 Å². The van der Waals surface area contributed by atoms with Gasteiger partial charge in [-0.15, -0.1) is 0 Å². The lowest BCUT2D eigenvalue weighted by Crippen LogP contribution is -2.28. The van der Waals surface area contributed by atoms with Crippen LogP contribution in [-0.4, -0.2) is 30.4 Å². The van der Waals surface area contributed by atoms with Gasteiger partial charge in [-0.25, -0.2) is 14.1 Å². The zero-order chi connectivity index (χ0) is 27.2. The van der Waals surface area contributed by atoms with Crippen molar-refractivity contribution in [3.05, 3.63) is 89.4 Å². The van der Waals surface area contributed by atoms with E-state index in [9.17, 15) is 14.0 Å². The number of esters is 1. The Kier molecular flexibility index (Phi) is 8.21. The first kappa shape index (κ1) is 26.6. The lowest BCUT2D eigenvalue weighted by Gasteiger charge is -2.22. The molecule has 4 aromatic rings. The quantitative estimate of drug-likeness (QED) is 0.231. The Morgan fingerprint density at radius 3 is 2.26 bits per heavy atom. The molecule has 0 fully saturated rings. The van der Waals surface area contributed by atoms with Crippen LogP contribution in [0.25, 0.3) is 22.5 Å². The monoisotopic (exact) mass is 516 g/mol. The van der Waals surface area contributed by atoms with E-state index in [1.165, 1.54) is 12.1 Å². The van der Waals surface area contributed by atoms with Crippen LogP contribution < -0.4 is 4.90 Å². The molecule has 0 saturated heterocycles. The number of aromatic nitrogens is 1. The summed E-state index contributed by atoms with van der Waals surface area (Å²) in [6, 6.07) is 19.4. The molecule has 0 N–H and O–H groups in total. The first-order chi connectivity index (χ1) is 18.3. The first-order valence-electron chi connectivity index (χ1n) is 12.4. The zero-order valence-corrected chi connectivity index (χ0v) is 21.8. The second kappa shape index (κ2) is 11.7. The van der Waals surface area contributed by atoms with Gasteiger partial charge in [0.15, 0.2) is 5.76 Å². The summed E-state index contributed by atoms with van der Waals surface area (Å²) in [5, 5.41) is 4.08. The summed E-state index contributed by atoms with van der Waals surface area (Å²) in [5.41, 5.74) is 5.23. The van der Waals surface area contributed by atoms with Crippen molar-refractivity contribution in [3.8, 4) is 22.5 Å². The largest absolute Gasteiger partial charge is 0.466 e. The van der Waals surface area contributed by atoms with Crippen molar-refractivity contribution >= 4 is 23.4 Å². The zero-order valence-electron chi connectivity index (χ0n) is 21.8. The molecular formula is C30H29FN2O5. The van der Waals surface area contributed by atoms with Gasteiger partial charge in [0.25, 0.3) is 0 Å². The van der Waals surface area contributed by atoms with Crippen molar-refractivity contribution in [1.82, 2.24) is 5.16 Å². The number of carbonyl (C=O) groups excluding carboxylic acids is 2. The maximum absolute atomic E-state index is 14.8. The van der Waals surface area contributed by atoms with E-state index in [0.29, 0.717) is 29.3 Å². The molecule has 1 amide bonds. The highest BCUT2D eigenvalue weighted by atomic mass is 19.1. The molecule has 0 bridgehead atoms. The van der Waals surface area contributed by atoms with Gasteiger partial charge in [-0.2, -0.15) is 0 Å². The summed E-state index contributed by atoms with van der Waals surface area (Å²) in [6.45, 7) is 7.60. The minimum absolute atomic E-state index is 0.0368. The van der Waals surface area contributed by atoms with E-state index in [1.54, 1.807) is 32.9 Å². The van der Waals surface area contributed by atoms with Crippen LogP contribution in [0.1, 0.15) is 30.7 Å². The Bertz CT molecular complexity index is 1450. The number of aryl methyl sites for hydroxylation is 2. The molecule has 3 aromatic carbocycles. The number of benzene rings is 3. The highest BCUT2D eigenvalue weighted by molar-refractivity contribution is 6.00. The lowest BCUT2D eigenvalue weighted by molar-refractivity contribution is -0.142. The first-order valence-corrected chi connectivity index (χ1v) is 12.4. The van der Waals surface area contributed by atoms with Crippen LogP contribution in [0, 0.1) is 19.7 Å². The smallest absolute Gasteiger partial charge is 0.419 e. The van der Waals surface area contributed by atoms with Gasteiger partial charge in [-0.1, -0.05) is 53.7 Å². The fourth-order valence-electron chi connectivity index (χ4n) is 4.26. The van der Waals surface area contributed by atoms with Crippen LogP contribution in [0.5, 0.6) is 0 Å². The summed E-state index contributed by atoms with van der Waals surface area (Å²) in [7, 11) is 0. The summed E-state index contributed by atoms with van der Waals surface area (Å²) in [5.74, 6) is -0.519. The molecule has 4 rings (SSSR count). The molecule has 0 spiro atoms. The van der Waals surface area contributed by atoms with Crippen molar-refractivity contribution in [2.45, 2.75) is 34.1 Å². The van der Waals surface area contributed by atoms with Crippen molar-refractivity contribution < 1.29 is 28.0 Å². The molecule has 0 unspecified atom stereocenters. The van der Waals surface area contributed by atoms with E-state index in [4.69, 9.17) is 14.0 Å². The van der Waals surface area contributed by atoms with E-state index >= 15 is 0 Å². The van der Waals surface area contributed by atoms with E-state index in [1.807, 2.05) is 49.4 Å². The van der Waals surface area contributed by atoms with Gasteiger partial charge >= 0.3 is 12.1 Å². The minimum Gasteiger partial charge on any atom is -0.466 e. The molecule has 0 aliphatic carbocycles. The van der Waals surface area contributed by atoms with Gasteiger partial charge in [-0.05, 0) is 68.1 Å². The van der Waals surface area contributed by atoms with Gasteiger partial charge in [0.2, 0.25) is 0 Å². The Labute approximate surface area is 220 Å². The van der Waals surface area contributed by atoms with Crippen LogP contribution in [0.4, 0.5) is 20.6 Å². The molecule has 1 aromatic heterocycles. The molecular weight excluding hydrogens is 487 g/mol. The number of halogens is 1. The molecule has 7 nitrogen and oxygen atoms in total. The number of ether oxygens (including phenoxy) is 2. The average Bonchev–Trinajstić information content (AvgIpc) is 3.27. The topological polar surface area (TPSA) is 81.9 Å². The minimum atomic E-state index is -0.735. The number of amides is 1. The van der Waals surface area contributed by atoms with E-state index in [0.717, 1.165) is 27.2 Å². The van der Waals surface area contributed by atoms with E-state index in [2.05, 4.69) is 5.16 Å². The van der Waals surface area contributed by atoms with Crippen molar-refractivity contribution in [1.29, 1.82) is 0 Å². The predicted octanol–water partition coefficient (Wildman–Crippen LogP) is 7.16. The van der Waals surface area contributed by atoms with Crippen LogP contribution >= 0.6 is 0 Å². The SMILES string of the molecule is CCOC(=O)Cc1ccc(-c2ccc(-c3onc(C)c3N(C(=O)OCC)c3ccccc3F)cc2C)cc1. The lowest BCUT2D eigenvalue weighted by atomic mass is 9.96. The van der Waals surface area contributed by atoms with Crippen LogP contribution in [0.3, 0.4) is 0 Å². The normalized spacial score (nSPS) is 10.8. The van der Waals surface area contributed by atoms with Crippen molar-refractivity contribution in [2.24, 2.45) is 0 Å². The Morgan fingerprint density at radius 2 is 1.61 bits per heavy atom. The number of rotatable bonds is 8. The maximum atomic E-state index is 14.8. The maximum Gasteiger partial charge on any atom is 0.419 e. The van der Waals surface area contributed by atoms with Gasteiger partial charge in [0.1, 0.15) is 17.2 Å². The number of nitrogens with zero attached hydrogens (tertiary/aromatic N) is 2. The molecule has 0 saturated carbocycles. The standard InChI is InChI=1S/C30H29FN2O5/c1-5-36-27(34)18-21-11-13-22(14-12-21)24-16-15-23(17-19(24)3)29-28(20(4)32-38-29)33(30(35)37-6-2)26-10-8-7-9-25(26)31/h7-17H,5-6,18H2,1-4H3. The number of hydrogen-bond donors (Lipinski definition) is 0. The molecule has 0 atom stereocenters. The summed E-state index contributed by atoms with van der Waals surface area (Å²) >= 11 is 0. The molecule has 1 heterocycles. The third-order valence-electron chi connectivity index (χ3n) is 6.01. The Balaban J connectivity index is 1.70. The fraction of sp³-hybridized carbons (Fsp3) is 0.233. The summed E-state index contributed by atoms with van der Waals surface area (Å²) < 4.78 is 30.7. The van der Waals surface area contributed by atoms with Crippen molar-refractivity contribution in [2.75, 3.05) is 18.1 Å². The molecule has 0 radical (unpaired) electrons. The van der Waals surface area contributed by atoms with E-state index < -0.39 is 11.9 Å². The van der Waals surface area contributed by atoms with Gasteiger partial charge in [0.05, 0.1) is 25.3 Å². The average molecular weight is 517 g/mol. The van der Waals surface area contributed by atoms with Gasteiger partial charge in [0, 0.05) is 5.56 Å². The fourth-order valence-corrected chi connectivity index (χ4v) is 4.26. The molecule has 0 aliphatic rings. The summed E-state index contributed by atoms with van der Waals surface area (Å²) in [6.07, 6.45) is -0.514. The molecule has 8 heteroatoms. The molecule has 196 valence electrons. The third kappa shape index (κ3) is 5.59. The number of hydrogen-bond acceptors (Lipinski definition) is 6. The second-order valence-electron chi connectivity index (χ2n) is 8.64. The Morgan fingerprint density at radius 1 is 0.921 bits per heavy atom. The number of carbonyl (C=O) groups is 2. The third-order valence-corrected chi connectivity index (χ3v) is 6.01.